The van der Waals surface area contributed by atoms with E-state index >= 15 is 0 Å². The van der Waals surface area contributed by atoms with E-state index in [9.17, 15) is 4.79 Å². The highest BCUT2D eigenvalue weighted by molar-refractivity contribution is 6.30. The number of furan rings is 1. The van der Waals surface area contributed by atoms with Crippen LogP contribution >= 0.6 is 11.6 Å². The Morgan fingerprint density at radius 2 is 2.00 bits per heavy atom. The molecule has 0 spiro atoms. The third-order valence-electron chi connectivity index (χ3n) is 2.42. The molecule has 0 aliphatic rings. The van der Waals surface area contributed by atoms with E-state index in [4.69, 9.17) is 16.0 Å². The van der Waals surface area contributed by atoms with Crippen LogP contribution in [0, 0.1) is 0 Å². The van der Waals surface area contributed by atoms with Gasteiger partial charge < -0.3 is 15.1 Å². The zero-order valence-electron chi connectivity index (χ0n) is 9.81. The SMILES string of the molecule is C[C@@H](NC(=O)Nc1ccc(Cl)cc1)c1ccco1. The van der Waals surface area contributed by atoms with Gasteiger partial charge in [-0.25, -0.2) is 4.79 Å². The third-order valence-corrected chi connectivity index (χ3v) is 2.67. The van der Waals surface area contributed by atoms with Crippen molar-refractivity contribution >= 4 is 23.3 Å². The largest absolute Gasteiger partial charge is 0.467 e. The summed E-state index contributed by atoms with van der Waals surface area (Å²) in [6, 6.07) is 10.0. The molecule has 0 aliphatic heterocycles. The Kier molecular flexibility index (Phi) is 3.89. The number of benzene rings is 1. The lowest BCUT2D eigenvalue weighted by molar-refractivity contribution is 0.247. The fourth-order valence-corrected chi connectivity index (χ4v) is 1.63. The van der Waals surface area contributed by atoms with Gasteiger partial charge in [0.25, 0.3) is 0 Å². The van der Waals surface area contributed by atoms with E-state index in [2.05, 4.69) is 10.6 Å². The Morgan fingerprint density at radius 3 is 2.61 bits per heavy atom. The number of hydrogen-bond acceptors (Lipinski definition) is 2. The maximum atomic E-state index is 11.7. The molecule has 4 nitrogen and oxygen atoms in total. The van der Waals surface area contributed by atoms with Crippen LogP contribution in [0.2, 0.25) is 5.02 Å². The Hall–Kier alpha value is -1.94. The lowest BCUT2D eigenvalue weighted by Gasteiger charge is -2.12. The van der Waals surface area contributed by atoms with E-state index in [0.29, 0.717) is 16.5 Å². The third kappa shape index (κ3) is 3.28. The number of carbonyl (C=O) groups is 1. The Morgan fingerprint density at radius 1 is 1.28 bits per heavy atom. The first-order valence-electron chi connectivity index (χ1n) is 5.51. The second-order valence-electron chi connectivity index (χ2n) is 3.84. The van der Waals surface area contributed by atoms with Gasteiger partial charge in [-0.15, -0.1) is 0 Å². The monoisotopic (exact) mass is 264 g/mol. The number of nitrogens with one attached hydrogen (secondary N) is 2. The van der Waals surface area contributed by atoms with Gasteiger partial charge in [-0.2, -0.15) is 0 Å². The molecule has 0 aliphatic carbocycles. The predicted molar refractivity (Wildman–Crippen MR) is 70.7 cm³/mol. The van der Waals surface area contributed by atoms with Crippen molar-refractivity contribution < 1.29 is 9.21 Å². The van der Waals surface area contributed by atoms with Crippen LogP contribution in [-0.2, 0) is 0 Å². The van der Waals surface area contributed by atoms with Crippen LogP contribution in [-0.4, -0.2) is 6.03 Å². The number of hydrogen-bond donors (Lipinski definition) is 2. The highest BCUT2D eigenvalue weighted by Gasteiger charge is 2.11. The second kappa shape index (κ2) is 5.60. The van der Waals surface area contributed by atoms with Crippen LogP contribution in [0.4, 0.5) is 10.5 Å². The molecule has 2 amide bonds. The molecule has 0 saturated heterocycles. The molecule has 0 radical (unpaired) electrons. The standard InChI is InChI=1S/C13H13ClN2O2/c1-9(12-3-2-8-18-12)15-13(17)16-11-6-4-10(14)5-7-11/h2-9H,1H3,(H2,15,16,17)/t9-/m1/s1. The molecule has 0 bridgehead atoms. The summed E-state index contributed by atoms with van der Waals surface area (Å²) >= 11 is 5.76. The van der Waals surface area contributed by atoms with Gasteiger partial charge in [-0.1, -0.05) is 11.6 Å². The van der Waals surface area contributed by atoms with Crippen molar-refractivity contribution in [3.8, 4) is 0 Å². The van der Waals surface area contributed by atoms with Crippen LogP contribution in [0.15, 0.2) is 47.1 Å². The molecule has 2 aromatic rings. The van der Waals surface area contributed by atoms with Gasteiger partial charge in [0, 0.05) is 10.7 Å². The van der Waals surface area contributed by atoms with E-state index < -0.39 is 0 Å². The topological polar surface area (TPSA) is 54.3 Å². The Bertz CT molecular complexity index is 508. The van der Waals surface area contributed by atoms with Crippen molar-refractivity contribution in [2.45, 2.75) is 13.0 Å². The summed E-state index contributed by atoms with van der Waals surface area (Å²) in [7, 11) is 0. The van der Waals surface area contributed by atoms with Crippen molar-refractivity contribution in [2.24, 2.45) is 0 Å². The molecule has 1 aromatic heterocycles. The van der Waals surface area contributed by atoms with Crippen LogP contribution in [0.1, 0.15) is 18.7 Å². The van der Waals surface area contributed by atoms with Gasteiger partial charge in [0.15, 0.2) is 0 Å². The minimum Gasteiger partial charge on any atom is -0.467 e. The minimum atomic E-state index is -0.291. The molecule has 1 heterocycles. The summed E-state index contributed by atoms with van der Waals surface area (Å²) in [4.78, 5) is 11.7. The first-order chi connectivity index (χ1) is 8.65. The maximum Gasteiger partial charge on any atom is 0.319 e. The summed E-state index contributed by atoms with van der Waals surface area (Å²) in [5.74, 6) is 0.709. The number of urea groups is 1. The average Bonchev–Trinajstić information content (AvgIpc) is 2.85. The van der Waals surface area contributed by atoms with Crippen LogP contribution in [0.5, 0.6) is 0 Å². The molecule has 0 unspecified atom stereocenters. The summed E-state index contributed by atoms with van der Waals surface area (Å²) in [5.41, 5.74) is 0.684. The summed E-state index contributed by atoms with van der Waals surface area (Å²) in [6.07, 6.45) is 1.57. The van der Waals surface area contributed by atoms with E-state index in [1.807, 2.05) is 13.0 Å². The number of halogens is 1. The van der Waals surface area contributed by atoms with Crippen molar-refractivity contribution in [2.75, 3.05) is 5.32 Å². The summed E-state index contributed by atoms with van der Waals surface area (Å²) in [5, 5.41) is 6.11. The smallest absolute Gasteiger partial charge is 0.319 e. The van der Waals surface area contributed by atoms with E-state index in [0.717, 1.165) is 0 Å². The zero-order valence-corrected chi connectivity index (χ0v) is 10.6. The van der Waals surface area contributed by atoms with Gasteiger partial charge in [0.1, 0.15) is 5.76 Å². The quantitative estimate of drug-likeness (QED) is 0.886. The second-order valence-corrected chi connectivity index (χ2v) is 4.28. The first-order valence-corrected chi connectivity index (χ1v) is 5.89. The fourth-order valence-electron chi connectivity index (χ4n) is 1.51. The van der Waals surface area contributed by atoms with E-state index in [1.54, 1.807) is 36.6 Å². The van der Waals surface area contributed by atoms with Crippen LogP contribution in [0.3, 0.4) is 0 Å². The highest BCUT2D eigenvalue weighted by atomic mass is 35.5. The normalized spacial score (nSPS) is 11.9. The number of rotatable bonds is 3. The lowest BCUT2D eigenvalue weighted by atomic mass is 10.2. The molecule has 94 valence electrons. The molecule has 18 heavy (non-hydrogen) atoms. The van der Waals surface area contributed by atoms with Crippen molar-refractivity contribution in [1.29, 1.82) is 0 Å². The van der Waals surface area contributed by atoms with Gasteiger partial charge in [-0.05, 0) is 43.3 Å². The van der Waals surface area contributed by atoms with E-state index in [1.165, 1.54) is 0 Å². The first kappa shape index (κ1) is 12.5. The minimum absolute atomic E-state index is 0.188. The number of amides is 2. The predicted octanol–water partition coefficient (Wildman–Crippen LogP) is 3.82. The molecular formula is C13H13ClN2O2. The number of carbonyl (C=O) groups excluding carboxylic acids is 1. The zero-order chi connectivity index (χ0) is 13.0. The summed E-state index contributed by atoms with van der Waals surface area (Å²) in [6.45, 7) is 1.85. The van der Waals surface area contributed by atoms with Crippen LogP contribution in [0.25, 0.3) is 0 Å². The Balaban J connectivity index is 1.91. The Labute approximate surface area is 110 Å². The highest BCUT2D eigenvalue weighted by Crippen LogP contribution is 2.15. The molecule has 0 saturated carbocycles. The van der Waals surface area contributed by atoms with Crippen molar-refractivity contribution in [3.05, 3.63) is 53.4 Å². The molecule has 5 heteroatoms. The molecule has 1 atom stereocenters. The molecule has 1 aromatic carbocycles. The molecule has 2 rings (SSSR count). The molecular weight excluding hydrogens is 252 g/mol. The van der Waals surface area contributed by atoms with Gasteiger partial charge in [0.05, 0.1) is 12.3 Å². The molecule has 0 fully saturated rings. The number of anilines is 1. The van der Waals surface area contributed by atoms with Gasteiger partial charge >= 0.3 is 6.03 Å². The fraction of sp³-hybridized carbons (Fsp3) is 0.154. The van der Waals surface area contributed by atoms with Gasteiger partial charge in [0.2, 0.25) is 0 Å². The molecule has 2 N–H and O–H groups in total. The summed E-state index contributed by atoms with van der Waals surface area (Å²) < 4.78 is 5.20. The lowest BCUT2D eigenvalue weighted by Crippen LogP contribution is -2.30. The van der Waals surface area contributed by atoms with Crippen LogP contribution < -0.4 is 10.6 Å². The van der Waals surface area contributed by atoms with Gasteiger partial charge in [-0.3, -0.25) is 0 Å². The average molecular weight is 265 g/mol. The van der Waals surface area contributed by atoms with Crippen molar-refractivity contribution in [3.63, 3.8) is 0 Å². The maximum absolute atomic E-state index is 11.7. The van der Waals surface area contributed by atoms with Crippen molar-refractivity contribution in [1.82, 2.24) is 5.32 Å². The van der Waals surface area contributed by atoms with E-state index in [-0.39, 0.29) is 12.1 Å².